The van der Waals surface area contributed by atoms with Crippen molar-refractivity contribution in [2.24, 2.45) is 5.92 Å². The molecule has 0 radical (unpaired) electrons. The van der Waals surface area contributed by atoms with Gasteiger partial charge in [0, 0.05) is 13.0 Å². The van der Waals surface area contributed by atoms with Crippen molar-refractivity contribution >= 4 is 35.1 Å². The summed E-state index contributed by atoms with van der Waals surface area (Å²) < 4.78 is 12.7. The first-order chi connectivity index (χ1) is 24.3. The number of aryl methyl sites for hydroxylation is 1. The van der Waals surface area contributed by atoms with Crippen LogP contribution < -0.4 is 16.6 Å². The zero-order valence-electron chi connectivity index (χ0n) is 31.6. The maximum Gasteiger partial charge on any atom is 0.408 e. The molecular formula is C37H62N6O8. The molecule has 0 aromatic carbocycles. The molecule has 2 unspecified atom stereocenters. The summed E-state index contributed by atoms with van der Waals surface area (Å²) in [6, 6.07) is 0. The van der Waals surface area contributed by atoms with Gasteiger partial charge in [-0.15, -0.1) is 0 Å². The van der Waals surface area contributed by atoms with Crippen LogP contribution in [0.1, 0.15) is 150 Å². The number of nitrogens with two attached hydrogens (primary N) is 1. The predicted octanol–water partition coefficient (Wildman–Crippen LogP) is 7.04. The Bertz CT molecular complexity index is 1440. The Hall–Kier alpha value is -3.68. The standard InChI is InChI=1S/C37H62N6O8/c1-6-7-8-9-10-11-12-13-14-15-16-17-18-19-20-21-29(44)48-25-27(22-23-43-31-30(39-26-40-31)32(45)41-34(43)38)24-28-37(5,33(46)51-50-28)42-35(47)49-36(2,3)4/h26-28H,6-25H2,1-5H3,(H,39,40)(H,42,47)(H2,38,41,45)/t27?,28?,37-/m1/s1. The van der Waals surface area contributed by atoms with E-state index in [0.29, 0.717) is 18.5 Å². The second-order valence-electron chi connectivity index (χ2n) is 15.1. The molecule has 1 amide bonds. The number of hydrogen-bond acceptors (Lipinski definition) is 11. The Labute approximate surface area is 302 Å². The van der Waals surface area contributed by atoms with Crippen LogP contribution in [0.2, 0.25) is 0 Å². The number of unbranched alkanes of at least 4 members (excludes halogenated alkanes) is 14. The molecule has 14 heteroatoms. The number of anilines is 1. The molecule has 51 heavy (non-hydrogen) atoms. The Kier molecular flexibility index (Phi) is 17.2. The second kappa shape index (κ2) is 21.0. The second-order valence-corrected chi connectivity index (χ2v) is 15.1. The molecule has 1 aliphatic rings. The van der Waals surface area contributed by atoms with E-state index in [1.54, 1.807) is 25.3 Å². The number of esters is 1. The SMILES string of the molecule is CCCCCCCCCCCCCCCCCC(=O)OCC(CCn1c(N)nc(=O)c2[nH]cnc21)CC1OOC(=O)[C@]1(C)NC(=O)OC(C)(C)C. The van der Waals surface area contributed by atoms with Gasteiger partial charge in [0.15, 0.2) is 16.7 Å². The van der Waals surface area contributed by atoms with Crippen molar-refractivity contribution in [2.75, 3.05) is 12.3 Å². The first-order valence-corrected chi connectivity index (χ1v) is 19.1. The van der Waals surface area contributed by atoms with E-state index in [0.717, 1.165) is 19.3 Å². The molecule has 0 spiro atoms. The number of carbonyl (C=O) groups is 3. The molecule has 1 saturated heterocycles. The normalized spacial score (nSPS) is 18.1. The monoisotopic (exact) mass is 718 g/mol. The lowest BCUT2D eigenvalue weighted by atomic mass is 9.87. The van der Waals surface area contributed by atoms with Crippen LogP contribution in [0.15, 0.2) is 11.1 Å². The quantitative estimate of drug-likeness (QED) is 0.0573. The number of nitrogens with zero attached hydrogens (tertiary/aromatic N) is 3. The average Bonchev–Trinajstić information content (AvgIpc) is 3.65. The molecule has 3 atom stereocenters. The third kappa shape index (κ3) is 14.1. The average molecular weight is 719 g/mol. The number of nitrogens with one attached hydrogen (secondary N) is 2. The van der Waals surface area contributed by atoms with Crippen molar-refractivity contribution in [3.8, 4) is 0 Å². The number of alkyl carbamates (subject to hydrolysis) is 1. The van der Waals surface area contributed by atoms with Gasteiger partial charge in [0.2, 0.25) is 5.95 Å². The maximum absolute atomic E-state index is 12.8. The van der Waals surface area contributed by atoms with Crippen LogP contribution >= 0.6 is 0 Å². The number of amides is 1. The van der Waals surface area contributed by atoms with E-state index in [2.05, 4.69) is 27.2 Å². The fourth-order valence-corrected chi connectivity index (χ4v) is 6.34. The van der Waals surface area contributed by atoms with Crippen LogP contribution in [0.3, 0.4) is 0 Å². The number of aromatic nitrogens is 4. The largest absolute Gasteiger partial charge is 0.465 e. The highest BCUT2D eigenvalue weighted by Gasteiger charge is 2.53. The lowest BCUT2D eigenvalue weighted by Crippen LogP contribution is -2.57. The Morgan fingerprint density at radius 2 is 1.59 bits per heavy atom. The Balaban J connectivity index is 1.48. The molecule has 0 aliphatic carbocycles. The van der Waals surface area contributed by atoms with Crippen molar-refractivity contribution in [1.82, 2.24) is 24.8 Å². The zero-order valence-corrected chi connectivity index (χ0v) is 31.6. The summed E-state index contributed by atoms with van der Waals surface area (Å²) in [5, 5.41) is 2.61. The highest BCUT2D eigenvalue weighted by Crippen LogP contribution is 2.31. The fraction of sp³-hybridized carbons (Fsp3) is 0.784. The fourth-order valence-electron chi connectivity index (χ4n) is 6.34. The van der Waals surface area contributed by atoms with Gasteiger partial charge in [-0.2, -0.15) is 9.87 Å². The third-order valence-electron chi connectivity index (χ3n) is 9.42. The first-order valence-electron chi connectivity index (χ1n) is 19.1. The summed E-state index contributed by atoms with van der Waals surface area (Å²) in [6.07, 6.45) is 19.2. The van der Waals surface area contributed by atoms with Gasteiger partial charge >= 0.3 is 23.6 Å². The van der Waals surface area contributed by atoms with Crippen LogP contribution in [0.25, 0.3) is 11.2 Å². The molecular weight excluding hydrogens is 656 g/mol. The van der Waals surface area contributed by atoms with Gasteiger partial charge < -0.3 is 25.5 Å². The topological polar surface area (TPSA) is 190 Å². The number of hydrogen-bond donors (Lipinski definition) is 3. The highest BCUT2D eigenvalue weighted by atomic mass is 17.2. The number of aromatic amines is 1. The predicted molar refractivity (Wildman–Crippen MR) is 195 cm³/mol. The summed E-state index contributed by atoms with van der Waals surface area (Å²) >= 11 is 0. The summed E-state index contributed by atoms with van der Waals surface area (Å²) in [7, 11) is 0. The van der Waals surface area contributed by atoms with E-state index in [9.17, 15) is 19.2 Å². The van der Waals surface area contributed by atoms with Gasteiger partial charge in [-0.05, 0) is 52.9 Å². The molecule has 3 heterocycles. The van der Waals surface area contributed by atoms with Gasteiger partial charge in [0.05, 0.1) is 12.9 Å². The summed E-state index contributed by atoms with van der Waals surface area (Å²) in [6.45, 7) is 9.22. The lowest BCUT2D eigenvalue weighted by molar-refractivity contribution is -0.265. The summed E-state index contributed by atoms with van der Waals surface area (Å²) in [4.78, 5) is 71.7. The molecule has 288 valence electrons. The van der Waals surface area contributed by atoms with Crippen molar-refractivity contribution < 1.29 is 33.6 Å². The molecule has 0 bridgehead atoms. The molecule has 1 aliphatic heterocycles. The maximum atomic E-state index is 12.8. The van der Waals surface area contributed by atoms with Crippen molar-refractivity contribution in [3.05, 3.63) is 16.7 Å². The summed E-state index contributed by atoms with van der Waals surface area (Å²) in [5.74, 6) is -1.43. The molecule has 0 saturated carbocycles. The van der Waals surface area contributed by atoms with Crippen molar-refractivity contribution in [2.45, 2.75) is 174 Å². The smallest absolute Gasteiger partial charge is 0.408 e. The van der Waals surface area contributed by atoms with E-state index in [-0.39, 0.29) is 42.9 Å². The van der Waals surface area contributed by atoms with E-state index >= 15 is 0 Å². The van der Waals surface area contributed by atoms with Crippen LogP contribution in [0, 0.1) is 5.92 Å². The van der Waals surface area contributed by atoms with Gasteiger partial charge in [0.25, 0.3) is 0 Å². The van der Waals surface area contributed by atoms with Crippen molar-refractivity contribution in [3.63, 3.8) is 0 Å². The number of carbonyl (C=O) groups excluding carboxylic acids is 3. The molecule has 2 aromatic heterocycles. The number of ether oxygens (including phenoxy) is 2. The van der Waals surface area contributed by atoms with Crippen molar-refractivity contribution in [1.29, 1.82) is 0 Å². The minimum Gasteiger partial charge on any atom is -0.465 e. The Morgan fingerprint density at radius 1 is 1.00 bits per heavy atom. The minimum atomic E-state index is -1.55. The molecule has 2 aromatic rings. The van der Waals surface area contributed by atoms with E-state index < -0.39 is 34.9 Å². The highest BCUT2D eigenvalue weighted by molar-refractivity contribution is 5.87. The number of H-pyrrole nitrogens is 1. The van der Waals surface area contributed by atoms with Crippen LogP contribution in [0.5, 0.6) is 0 Å². The van der Waals surface area contributed by atoms with Gasteiger partial charge in [0.1, 0.15) is 11.7 Å². The van der Waals surface area contributed by atoms with E-state index in [1.807, 2.05) is 0 Å². The Morgan fingerprint density at radius 3 is 2.18 bits per heavy atom. The van der Waals surface area contributed by atoms with Crippen LogP contribution in [-0.2, 0) is 35.4 Å². The number of imidazole rings is 1. The molecule has 4 N–H and O–H groups in total. The molecule has 3 rings (SSSR count). The number of fused-ring (bicyclic) bond motifs is 1. The minimum absolute atomic E-state index is 0.00410. The number of rotatable bonds is 24. The van der Waals surface area contributed by atoms with Gasteiger partial charge in [-0.1, -0.05) is 96.8 Å². The van der Waals surface area contributed by atoms with E-state index in [1.165, 1.54) is 90.3 Å². The third-order valence-corrected chi connectivity index (χ3v) is 9.42. The van der Waals surface area contributed by atoms with E-state index in [4.69, 9.17) is 25.0 Å². The molecule has 14 nitrogen and oxygen atoms in total. The molecule has 1 fully saturated rings. The number of nitrogen functional groups attached to an aromatic ring is 1. The van der Waals surface area contributed by atoms with Gasteiger partial charge in [-0.25, -0.2) is 14.6 Å². The summed E-state index contributed by atoms with van der Waals surface area (Å²) in [5.41, 5.74) is 3.82. The van der Waals surface area contributed by atoms with Gasteiger partial charge in [-0.3, -0.25) is 19.0 Å². The van der Waals surface area contributed by atoms with Crippen LogP contribution in [0.4, 0.5) is 10.7 Å². The first kappa shape index (κ1) is 41.7. The zero-order chi connectivity index (χ0) is 37.3. The lowest BCUT2D eigenvalue weighted by Gasteiger charge is -2.30. The van der Waals surface area contributed by atoms with Crippen LogP contribution in [-0.4, -0.2) is 61.4 Å².